The van der Waals surface area contributed by atoms with Crippen LogP contribution in [-0.4, -0.2) is 28.5 Å². The third-order valence-electron chi connectivity index (χ3n) is 3.87. The number of carbonyl (C=O) groups is 2. The van der Waals surface area contributed by atoms with Crippen molar-refractivity contribution in [3.8, 4) is 0 Å². The van der Waals surface area contributed by atoms with Crippen LogP contribution >= 0.6 is 0 Å². The van der Waals surface area contributed by atoms with E-state index in [-0.39, 0.29) is 5.91 Å². The van der Waals surface area contributed by atoms with Gasteiger partial charge in [-0.2, -0.15) is 0 Å². The number of esters is 1. The summed E-state index contributed by atoms with van der Waals surface area (Å²) in [6.07, 6.45) is 3.15. The standard InChI is InChI=1S/C21H20N4O3/c1-2-28-21(27)17-8-3-4-9-18(17)25-19-11-10-15(13-23-19)20(26)24-14-16-7-5-6-12-22-16/h3-13H,2,14H2,1H3,(H,23,25)(H,24,26). The van der Waals surface area contributed by atoms with Crippen molar-refractivity contribution < 1.29 is 14.3 Å². The highest BCUT2D eigenvalue weighted by Crippen LogP contribution is 2.20. The van der Waals surface area contributed by atoms with Gasteiger partial charge in [-0.3, -0.25) is 9.78 Å². The lowest BCUT2D eigenvalue weighted by Crippen LogP contribution is -2.23. The van der Waals surface area contributed by atoms with Crippen molar-refractivity contribution in [1.82, 2.24) is 15.3 Å². The number of benzene rings is 1. The van der Waals surface area contributed by atoms with Crippen LogP contribution in [0.1, 0.15) is 33.3 Å². The summed E-state index contributed by atoms with van der Waals surface area (Å²) in [6.45, 7) is 2.40. The minimum Gasteiger partial charge on any atom is -0.462 e. The highest BCUT2D eigenvalue weighted by molar-refractivity contribution is 5.96. The van der Waals surface area contributed by atoms with E-state index in [2.05, 4.69) is 20.6 Å². The van der Waals surface area contributed by atoms with Crippen molar-refractivity contribution in [2.24, 2.45) is 0 Å². The van der Waals surface area contributed by atoms with E-state index in [0.717, 1.165) is 5.69 Å². The highest BCUT2D eigenvalue weighted by atomic mass is 16.5. The molecule has 2 N–H and O–H groups in total. The maximum absolute atomic E-state index is 12.2. The lowest BCUT2D eigenvalue weighted by Gasteiger charge is -2.11. The van der Waals surface area contributed by atoms with E-state index in [1.807, 2.05) is 24.3 Å². The number of rotatable bonds is 7. The molecule has 3 aromatic rings. The Labute approximate surface area is 162 Å². The monoisotopic (exact) mass is 376 g/mol. The van der Waals surface area contributed by atoms with Gasteiger partial charge in [0.05, 0.1) is 35.7 Å². The van der Waals surface area contributed by atoms with Gasteiger partial charge in [0.25, 0.3) is 5.91 Å². The number of hydrogen-bond donors (Lipinski definition) is 2. The molecular weight excluding hydrogens is 356 g/mol. The van der Waals surface area contributed by atoms with Crippen molar-refractivity contribution in [1.29, 1.82) is 0 Å². The summed E-state index contributed by atoms with van der Waals surface area (Å²) in [5.41, 5.74) is 2.21. The van der Waals surface area contributed by atoms with Gasteiger partial charge in [-0.05, 0) is 43.3 Å². The molecule has 0 fully saturated rings. The van der Waals surface area contributed by atoms with Crippen molar-refractivity contribution in [2.45, 2.75) is 13.5 Å². The number of aromatic nitrogens is 2. The molecule has 2 aromatic heterocycles. The lowest BCUT2D eigenvalue weighted by atomic mass is 10.1. The van der Waals surface area contributed by atoms with Crippen molar-refractivity contribution in [2.75, 3.05) is 11.9 Å². The molecule has 0 unspecified atom stereocenters. The molecule has 0 saturated carbocycles. The molecule has 0 aliphatic carbocycles. The Balaban J connectivity index is 1.65. The second kappa shape index (κ2) is 9.27. The van der Waals surface area contributed by atoms with E-state index in [1.165, 1.54) is 6.20 Å². The van der Waals surface area contributed by atoms with Crippen molar-refractivity contribution in [3.05, 3.63) is 83.8 Å². The van der Waals surface area contributed by atoms with Crippen LogP contribution in [0.25, 0.3) is 0 Å². The van der Waals surface area contributed by atoms with Crippen LogP contribution in [0.4, 0.5) is 11.5 Å². The minimum absolute atomic E-state index is 0.239. The number of hydrogen-bond acceptors (Lipinski definition) is 6. The quantitative estimate of drug-likeness (QED) is 0.615. The van der Waals surface area contributed by atoms with Gasteiger partial charge in [0.15, 0.2) is 0 Å². The summed E-state index contributed by atoms with van der Waals surface area (Å²) >= 11 is 0. The average molecular weight is 376 g/mol. The summed E-state index contributed by atoms with van der Waals surface area (Å²) in [6, 6.07) is 15.9. The summed E-state index contributed by atoms with van der Waals surface area (Å²) in [5.74, 6) is -0.134. The maximum atomic E-state index is 12.2. The first-order valence-corrected chi connectivity index (χ1v) is 8.84. The molecule has 0 atom stereocenters. The molecule has 3 rings (SSSR count). The summed E-state index contributed by atoms with van der Waals surface area (Å²) < 4.78 is 5.06. The molecular formula is C21H20N4O3. The number of pyridine rings is 2. The maximum Gasteiger partial charge on any atom is 0.340 e. The molecule has 0 spiro atoms. The first-order valence-electron chi connectivity index (χ1n) is 8.84. The SMILES string of the molecule is CCOC(=O)c1ccccc1Nc1ccc(C(=O)NCc2ccccn2)cn1. The molecule has 0 aliphatic rings. The Kier molecular flexibility index (Phi) is 6.30. The Hall–Kier alpha value is -3.74. The number of anilines is 2. The molecule has 0 radical (unpaired) electrons. The zero-order chi connectivity index (χ0) is 19.8. The molecule has 1 amide bonds. The number of ether oxygens (including phenoxy) is 1. The minimum atomic E-state index is -0.406. The summed E-state index contributed by atoms with van der Waals surface area (Å²) in [4.78, 5) is 32.7. The van der Waals surface area contributed by atoms with E-state index in [9.17, 15) is 9.59 Å². The number of para-hydroxylation sites is 1. The number of nitrogens with one attached hydrogen (secondary N) is 2. The van der Waals surface area contributed by atoms with Crippen LogP contribution < -0.4 is 10.6 Å². The number of amides is 1. The molecule has 28 heavy (non-hydrogen) atoms. The van der Waals surface area contributed by atoms with Gasteiger partial charge < -0.3 is 15.4 Å². The third kappa shape index (κ3) is 4.91. The second-order valence-corrected chi connectivity index (χ2v) is 5.83. The van der Waals surface area contributed by atoms with Gasteiger partial charge in [-0.15, -0.1) is 0 Å². The fourth-order valence-electron chi connectivity index (χ4n) is 2.49. The predicted molar refractivity (Wildman–Crippen MR) is 105 cm³/mol. The van der Waals surface area contributed by atoms with Crippen molar-refractivity contribution in [3.63, 3.8) is 0 Å². The Morgan fingerprint density at radius 3 is 2.54 bits per heavy atom. The molecule has 0 saturated heterocycles. The van der Waals surface area contributed by atoms with Crippen LogP contribution in [0, 0.1) is 0 Å². The molecule has 0 aliphatic heterocycles. The van der Waals surface area contributed by atoms with Crippen LogP contribution in [-0.2, 0) is 11.3 Å². The molecule has 7 heteroatoms. The normalized spacial score (nSPS) is 10.2. The van der Waals surface area contributed by atoms with Gasteiger partial charge >= 0.3 is 5.97 Å². The Morgan fingerprint density at radius 1 is 1.00 bits per heavy atom. The van der Waals surface area contributed by atoms with Crippen LogP contribution in [0.15, 0.2) is 67.0 Å². The van der Waals surface area contributed by atoms with E-state index in [4.69, 9.17) is 4.74 Å². The molecule has 7 nitrogen and oxygen atoms in total. The number of carbonyl (C=O) groups excluding carboxylic acids is 2. The molecule has 0 bridgehead atoms. The van der Waals surface area contributed by atoms with E-state index < -0.39 is 5.97 Å². The van der Waals surface area contributed by atoms with E-state index >= 15 is 0 Å². The van der Waals surface area contributed by atoms with Gasteiger partial charge in [0.2, 0.25) is 0 Å². The first-order chi connectivity index (χ1) is 13.7. The van der Waals surface area contributed by atoms with Gasteiger partial charge in [-0.25, -0.2) is 9.78 Å². The summed E-state index contributed by atoms with van der Waals surface area (Å²) in [5, 5.41) is 5.88. The van der Waals surface area contributed by atoms with Crippen LogP contribution in [0.5, 0.6) is 0 Å². The van der Waals surface area contributed by atoms with Crippen LogP contribution in [0.3, 0.4) is 0 Å². The molecule has 142 valence electrons. The first kappa shape index (κ1) is 19.0. The Bertz CT molecular complexity index is 943. The van der Waals surface area contributed by atoms with Gasteiger partial charge in [-0.1, -0.05) is 18.2 Å². The largest absolute Gasteiger partial charge is 0.462 e. The summed E-state index contributed by atoms with van der Waals surface area (Å²) in [7, 11) is 0. The zero-order valence-corrected chi connectivity index (χ0v) is 15.4. The lowest BCUT2D eigenvalue weighted by molar-refractivity contribution is 0.0527. The van der Waals surface area contributed by atoms with Crippen molar-refractivity contribution >= 4 is 23.4 Å². The topological polar surface area (TPSA) is 93.2 Å². The van der Waals surface area contributed by atoms with Gasteiger partial charge in [0, 0.05) is 12.4 Å². The predicted octanol–water partition coefficient (Wildman–Crippen LogP) is 3.33. The molecule has 1 aromatic carbocycles. The van der Waals surface area contributed by atoms with E-state index in [1.54, 1.807) is 43.5 Å². The third-order valence-corrected chi connectivity index (χ3v) is 3.87. The average Bonchev–Trinajstić information content (AvgIpc) is 2.74. The number of nitrogens with zero attached hydrogens (tertiary/aromatic N) is 2. The highest BCUT2D eigenvalue weighted by Gasteiger charge is 2.13. The smallest absolute Gasteiger partial charge is 0.340 e. The second-order valence-electron chi connectivity index (χ2n) is 5.83. The zero-order valence-electron chi connectivity index (χ0n) is 15.4. The Morgan fingerprint density at radius 2 is 1.82 bits per heavy atom. The van der Waals surface area contributed by atoms with Crippen LogP contribution in [0.2, 0.25) is 0 Å². The fourth-order valence-corrected chi connectivity index (χ4v) is 2.49. The van der Waals surface area contributed by atoms with E-state index in [0.29, 0.717) is 35.8 Å². The fraction of sp³-hybridized carbons (Fsp3) is 0.143. The molecule has 2 heterocycles. The van der Waals surface area contributed by atoms with Gasteiger partial charge in [0.1, 0.15) is 5.82 Å².